The van der Waals surface area contributed by atoms with E-state index in [-0.39, 0.29) is 16.9 Å². The van der Waals surface area contributed by atoms with Crippen molar-refractivity contribution in [2.75, 3.05) is 0 Å². The van der Waals surface area contributed by atoms with Gasteiger partial charge in [0.2, 0.25) is 6.04 Å². The van der Waals surface area contributed by atoms with Gasteiger partial charge in [0.1, 0.15) is 0 Å². The number of nitrogens with zero attached hydrogens (tertiary/aromatic N) is 1. The molecule has 4 unspecified atom stereocenters. The van der Waals surface area contributed by atoms with Crippen molar-refractivity contribution in [1.82, 2.24) is 10.9 Å². The fourth-order valence-corrected chi connectivity index (χ4v) is 3.35. The van der Waals surface area contributed by atoms with E-state index in [0.717, 1.165) is 12.0 Å². The fourth-order valence-electron chi connectivity index (χ4n) is 3.23. The Labute approximate surface area is 116 Å². The van der Waals surface area contributed by atoms with Crippen LogP contribution in [0.25, 0.3) is 0 Å². The molecule has 6 heteroatoms. The number of hydrogen-bond donors (Lipinski definition) is 2. The Morgan fingerprint density at radius 2 is 1.95 bits per heavy atom. The highest BCUT2D eigenvalue weighted by Crippen LogP contribution is 2.38. The minimum atomic E-state index is -0.405. The molecule has 0 bridgehead atoms. The fraction of sp³-hybridized carbons (Fsp3) is 0.538. The van der Waals surface area contributed by atoms with Crippen LogP contribution in [0.15, 0.2) is 24.3 Å². The summed E-state index contributed by atoms with van der Waals surface area (Å²) in [6, 6.07) is 7.75. The molecular weight excluding hydrogens is 266 g/mol. The standard InChI is InChI=1S/C13H16ClN3O2/c14-9-3-1-8(2-4-9)13-11-7-10(17(18)19)5-6-12(11)15-16-13/h1-4,10-13,15-16H,5-7H2. The van der Waals surface area contributed by atoms with E-state index in [1.165, 1.54) is 0 Å². The third-order valence-corrected chi connectivity index (χ3v) is 4.50. The average Bonchev–Trinajstić information content (AvgIpc) is 2.82. The second-order valence-electron chi connectivity index (χ2n) is 5.34. The Kier molecular flexibility index (Phi) is 3.43. The van der Waals surface area contributed by atoms with Crippen LogP contribution in [0.5, 0.6) is 0 Å². The average molecular weight is 282 g/mol. The van der Waals surface area contributed by atoms with E-state index < -0.39 is 6.04 Å². The normalized spacial score (nSPS) is 33.9. The van der Waals surface area contributed by atoms with E-state index in [9.17, 15) is 10.1 Å². The predicted molar refractivity (Wildman–Crippen MR) is 72.4 cm³/mol. The van der Waals surface area contributed by atoms with E-state index in [1.807, 2.05) is 24.3 Å². The van der Waals surface area contributed by atoms with Crippen molar-refractivity contribution < 1.29 is 4.92 Å². The first-order valence-corrected chi connectivity index (χ1v) is 6.93. The Morgan fingerprint density at radius 1 is 1.21 bits per heavy atom. The van der Waals surface area contributed by atoms with Gasteiger partial charge in [-0.15, -0.1) is 0 Å². The molecule has 1 saturated heterocycles. The van der Waals surface area contributed by atoms with E-state index in [1.54, 1.807) is 0 Å². The van der Waals surface area contributed by atoms with Crippen molar-refractivity contribution in [1.29, 1.82) is 0 Å². The van der Waals surface area contributed by atoms with Gasteiger partial charge in [-0.1, -0.05) is 23.7 Å². The van der Waals surface area contributed by atoms with Gasteiger partial charge in [-0.3, -0.25) is 15.5 Å². The molecule has 1 aliphatic carbocycles. The van der Waals surface area contributed by atoms with Gasteiger partial charge in [0.15, 0.2) is 0 Å². The minimum Gasteiger partial charge on any atom is -0.264 e. The van der Waals surface area contributed by atoms with E-state index in [0.29, 0.717) is 23.9 Å². The zero-order valence-corrected chi connectivity index (χ0v) is 11.1. The minimum absolute atomic E-state index is 0.130. The van der Waals surface area contributed by atoms with Crippen LogP contribution in [0.3, 0.4) is 0 Å². The SMILES string of the molecule is O=[N+]([O-])C1CCC2NNC(c3ccc(Cl)cc3)C2C1. The van der Waals surface area contributed by atoms with Gasteiger partial charge in [0.25, 0.3) is 0 Å². The summed E-state index contributed by atoms with van der Waals surface area (Å²) in [5, 5.41) is 11.7. The van der Waals surface area contributed by atoms with Crippen LogP contribution in [-0.4, -0.2) is 17.0 Å². The van der Waals surface area contributed by atoms with Crippen LogP contribution >= 0.6 is 11.6 Å². The zero-order valence-electron chi connectivity index (χ0n) is 10.4. The Balaban J connectivity index is 1.80. The Hall–Kier alpha value is -1.17. The largest absolute Gasteiger partial charge is 0.264 e. The van der Waals surface area contributed by atoms with Crippen molar-refractivity contribution in [3.05, 3.63) is 45.0 Å². The highest BCUT2D eigenvalue weighted by molar-refractivity contribution is 6.30. The maximum Gasteiger partial charge on any atom is 0.213 e. The molecule has 0 spiro atoms. The molecule has 4 atom stereocenters. The van der Waals surface area contributed by atoms with E-state index in [4.69, 9.17) is 11.6 Å². The molecule has 2 N–H and O–H groups in total. The smallest absolute Gasteiger partial charge is 0.213 e. The number of fused-ring (bicyclic) bond motifs is 1. The molecule has 3 rings (SSSR count). The van der Waals surface area contributed by atoms with Gasteiger partial charge in [-0.2, -0.15) is 0 Å². The second kappa shape index (κ2) is 5.07. The summed E-state index contributed by atoms with van der Waals surface area (Å²) < 4.78 is 0. The Bertz CT molecular complexity index is 479. The molecule has 2 fully saturated rings. The third kappa shape index (κ3) is 2.45. The summed E-state index contributed by atoms with van der Waals surface area (Å²) in [5.74, 6) is 0.269. The summed E-state index contributed by atoms with van der Waals surface area (Å²) >= 11 is 5.90. The molecule has 5 nitrogen and oxygen atoms in total. The van der Waals surface area contributed by atoms with Crippen LogP contribution in [-0.2, 0) is 0 Å². The first-order chi connectivity index (χ1) is 9.15. The van der Waals surface area contributed by atoms with Crippen LogP contribution in [0, 0.1) is 16.0 Å². The van der Waals surface area contributed by atoms with Crippen LogP contribution in [0.2, 0.25) is 5.02 Å². The van der Waals surface area contributed by atoms with E-state index in [2.05, 4.69) is 10.9 Å². The second-order valence-corrected chi connectivity index (χ2v) is 5.78. The van der Waals surface area contributed by atoms with Gasteiger partial charge in [0, 0.05) is 34.7 Å². The van der Waals surface area contributed by atoms with Crippen molar-refractivity contribution in [3.63, 3.8) is 0 Å². The maximum atomic E-state index is 11.0. The van der Waals surface area contributed by atoms with Crippen molar-refractivity contribution in [2.24, 2.45) is 5.92 Å². The molecule has 1 saturated carbocycles. The van der Waals surface area contributed by atoms with Gasteiger partial charge < -0.3 is 0 Å². The highest BCUT2D eigenvalue weighted by Gasteiger charge is 2.44. The molecule has 1 aromatic rings. The first-order valence-electron chi connectivity index (χ1n) is 6.55. The number of halogens is 1. The molecular formula is C13H16ClN3O2. The monoisotopic (exact) mass is 281 g/mol. The molecule has 1 aromatic carbocycles. The number of nitrogens with one attached hydrogen (secondary N) is 2. The number of rotatable bonds is 2. The molecule has 2 aliphatic rings. The molecule has 0 amide bonds. The lowest BCUT2D eigenvalue weighted by Crippen LogP contribution is -2.39. The topological polar surface area (TPSA) is 67.2 Å². The lowest BCUT2D eigenvalue weighted by atomic mass is 9.77. The van der Waals surface area contributed by atoms with Crippen LogP contribution in [0.4, 0.5) is 0 Å². The van der Waals surface area contributed by atoms with Crippen molar-refractivity contribution in [3.8, 4) is 0 Å². The van der Waals surface area contributed by atoms with Crippen LogP contribution in [0.1, 0.15) is 30.9 Å². The number of nitro groups is 1. The molecule has 102 valence electrons. The molecule has 1 aliphatic heterocycles. The summed E-state index contributed by atoms with van der Waals surface area (Å²) in [5.41, 5.74) is 7.69. The van der Waals surface area contributed by atoms with Gasteiger partial charge >= 0.3 is 0 Å². The molecule has 19 heavy (non-hydrogen) atoms. The summed E-state index contributed by atoms with van der Waals surface area (Å²) in [6.07, 6.45) is 2.15. The quantitative estimate of drug-likeness (QED) is 0.645. The van der Waals surface area contributed by atoms with Crippen molar-refractivity contribution in [2.45, 2.75) is 37.4 Å². The summed E-state index contributed by atoms with van der Waals surface area (Å²) in [4.78, 5) is 10.8. The number of hydrogen-bond acceptors (Lipinski definition) is 4. The maximum absolute atomic E-state index is 11.0. The van der Waals surface area contributed by atoms with Gasteiger partial charge in [-0.05, 0) is 24.1 Å². The highest BCUT2D eigenvalue weighted by atomic mass is 35.5. The van der Waals surface area contributed by atoms with Gasteiger partial charge in [-0.25, -0.2) is 5.43 Å². The Morgan fingerprint density at radius 3 is 2.63 bits per heavy atom. The molecule has 0 aromatic heterocycles. The number of benzene rings is 1. The van der Waals surface area contributed by atoms with Crippen molar-refractivity contribution >= 4 is 11.6 Å². The van der Waals surface area contributed by atoms with Crippen LogP contribution < -0.4 is 10.9 Å². The lowest BCUT2D eigenvalue weighted by Gasteiger charge is -2.29. The lowest BCUT2D eigenvalue weighted by molar-refractivity contribution is -0.528. The number of hydrazine groups is 1. The molecule has 0 radical (unpaired) electrons. The van der Waals surface area contributed by atoms with E-state index >= 15 is 0 Å². The molecule has 1 heterocycles. The predicted octanol–water partition coefficient (Wildman–Crippen LogP) is 2.30. The van der Waals surface area contributed by atoms with Gasteiger partial charge in [0.05, 0.1) is 6.04 Å². The summed E-state index contributed by atoms with van der Waals surface area (Å²) in [7, 11) is 0. The summed E-state index contributed by atoms with van der Waals surface area (Å²) in [6.45, 7) is 0. The first kappa shape index (κ1) is 12.8. The third-order valence-electron chi connectivity index (χ3n) is 4.25. The zero-order chi connectivity index (χ0) is 13.4.